The van der Waals surface area contributed by atoms with E-state index in [4.69, 9.17) is 14.2 Å². The van der Waals surface area contributed by atoms with E-state index in [9.17, 15) is 5.11 Å². The van der Waals surface area contributed by atoms with E-state index in [1.54, 1.807) is 14.0 Å². The van der Waals surface area contributed by atoms with Crippen LogP contribution in [0.3, 0.4) is 0 Å². The van der Waals surface area contributed by atoms with Crippen molar-refractivity contribution in [2.45, 2.75) is 38.4 Å². The summed E-state index contributed by atoms with van der Waals surface area (Å²) in [5, 5.41) is 9.73. The van der Waals surface area contributed by atoms with Crippen molar-refractivity contribution in [3.63, 3.8) is 0 Å². The molecule has 1 aromatic rings. The van der Waals surface area contributed by atoms with Crippen molar-refractivity contribution < 1.29 is 19.3 Å². The highest BCUT2D eigenvalue weighted by atomic mass is 16.5. The molecule has 1 aliphatic rings. The van der Waals surface area contributed by atoms with Crippen LogP contribution >= 0.6 is 0 Å². The van der Waals surface area contributed by atoms with Crippen molar-refractivity contribution in [2.75, 3.05) is 20.3 Å². The summed E-state index contributed by atoms with van der Waals surface area (Å²) in [5.41, 5.74) is 0.785. The van der Waals surface area contributed by atoms with Gasteiger partial charge in [-0.05, 0) is 31.9 Å². The molecule has 2 rings (SSSR count). The molecule has 1 saturated heterocycles. The average molecular weight is 266 g/mol. The molecule has 0 bridgehead atoms. The largest absolute Gasteiger partial charge is 0.497 e. The van der Waals surface area contributed by atoms with Gasteiger partial charge >= 0.3 is 0 Å². The molecule has 1 unspecified atom stereocenters. The van der Waals surface area contributed by atoms with Crippen LogP contribution in [0.2, 0.25) is 0 Å². The molecular formula is C15H22O4. The SMILES string of the molecule is COc1ccc([C@@H](C)O)c(OCCC2CCCO2)c1. The smallest absolute Gasteiger partial charge is 0.128 e. The zero-order chi connectivity index (χ0) is 13.7. The minimum Gasteiger partial charge on any atom is -0.497 e. The molecule has 0 aliphatic carbocycles. The molecule has 1 heterocycles. The Kier molecular flexibility index (Phi) is 5.05. The lowest BCUT2D eigenvalue weighted by Crippen LogP contribution is -2.11. The summed E-state index contributed by atoms with van der Waals surface area (Å²) in [6, 6.07) is 5.48. The average Bonchev–Trinajstić information content (AvgIpc) is 2.91. The first-order valence-electron chi connectivity index (χ1n) is 6.81. The second kappa shape index (κ2) is 6.78. The number of ether oxygens (including phenoxy) is 3. The van der Waals surface area contributed by atoms with E-state index in [-0.39, 0.29) is 0 Å². The maximum Gasteiger partial charge on any atom is 0.128 e. The second-order valence-corrected chi connectivity index (χ2v) is 4.85. The molecular weight excluding hydrogens is 244 g/mol. The molecule has 0 aromatic heterocycles. The summed E-state index contributed by atoms with van der Waals surface area (Å²) in [6.45, 7) is 3.19. The number of rotatable bonds is 6. The molecule has 1 fully saturated rings. The van der Waals surface area contributed by atoms with Gasteiger partial charge in [-0.25, -0.2) is 0 Å². The third kappa shape index (κ3) is 3.85. The fraction of sp³-hybridized carbons (Fsp3) is 0.600. The van der Waals surface area contributed by atoms with E-state index >= 15 is 0 Å². The lowest BCUT2D eigenvalue weighted by atomic mass is 10.1. The van der Waals surface area contributed by atoms with Crippen LogP contribution in [0, 0.1) is 0 Å². The Morgan fingerprint density at radius 1 is 1.47 bits per heavy atom. The summed E-state index contributed by atoms with van der Waals surface area (Å²) >= 11 is 0. The van der Waals surface area contributed by atoms with Crippen molar-refractivity contribution in [3.05, 3.63) is 23.8 Å². The fourth-order valence-corrected chi connectivity index (χ4v) is 2.28. The topological polar surface area (TPSA) is 47.9 Å². The quantitative estimate of drug-likeness (QED) is 0.860. The van der Waals surface area contributed by atoms with Gasteiger partial charge in [0.1, 0.15) is 11.5 Å². The summed E-state index contributed by atoms with van der Waals surface area (Å²) in [5.74, 6) is 1.42. The maximum absolute atomic E-state index is 9.73. The van der Waals surface area contributed by atoms with Gasteiger partial charge in [0.25, 0.3) is 0 Å². The van der Waals surface area contributed by atoms with Gasteiger partial charge in [-0.3, -0.25) is 0 Å². The van der Waals surface area contributed by atoms with Crippen LogP contribution in [0.1, 0.15) is 37.9 Å². The van der Waals surface area contributed by atoms with E-state index in [0.29, 0.717) is 18.5 Å². The normalized spacial score (nSPS) is 20.3. The minimum atomic E-state index is -0.552. The maximum atomic E-state index is 9.73. The number of methoxy groups -OCH3 is 1. The molecule has 1 N–H and O–H groups in total. The highest BCUT2D eigenvalue weighted by Gasteiger charge is 2.16. The van der Waals surface area contributed by atoms with Gasteiger partial charge < -0.3 is 19.3 Å². The molecule has 0 spiro atoms. The zero-order valence-corrected chi connectivity index (χ0v) is 11.6. The van der Waals surface area contributed by atoms with Crippen LogP contribution in [-0.4, -0.2) is 31.5 Å². The molecule has 106 valence electrons. The minimum absolute atomic E-state index is 0.320. The highest BCUT2D eigenvalue weighted by molar-refractivity contribution is 5.41. The van der Waals surface area contributed by atoms with Crippen molar-refractivity contribution in [2.24, 2.45) is 0 Å². The first-order valence-corrected chi connectivity index (χ1v) is 6.81. The van der Waals surface area contributed by atoms with Crippen LogP contribution in [-0.2, 0) is 4.74 Å². The standard InChI is InChI=1S/C15H22O4/c1-11(16)14-6-5-13(17-2)10-15(14)19-9-7-12-4-3-8-18-12/h5-6,10-12,16H,3-4,7-9H2,1-2H3/t11-,12?/m1/s1. The Morgan fingerprint density at radius 3 is 2.95 bits per heavy atom. The fourth-order valence-electron chi connectivity index (χ4n) is 2.28. The van der Waals surface area contributed by atoms with Crippen LogP contribution in [0.15, 0.2) is 18.2 Å². The van der Waals surface area contributed by atoms with Crippen LogP contribution in [0.5, 0.6) is 11.5 Å². The van der Waals surface area contributed by atoms with Gasteiger partial charge in [0.05, 0.1) is 25.9 Å². The Labute approximate surface area is 114 Å². The molecule has 4 nitrogen and oxygen atoms in total. The zero-order valence-electron chi connectivity index (χ0n) is 11.6. The van der Waals surface area contributed by atoms with E-state index in [2.05, 4.69) is 0 Å². The predicted octanol–water partition coefficient (Wildman–Crippen LogP) is 2.70. The van der Waals surface area contributed by atoms with Gasteiger partial charge in [0.2, 0.25) is 0 Å². The summed E-state index contributed by atoms with van der Waals surface area (Å²) in [6.07, 6.45) is 2.91. The van der Waals surface area contributed by atoms with Crippen LogP contribution in [0.25, 0.3) is 0 Å². The summed E-state index contributed by atoms with van der Waals surface area (Å²) in [7, 11) is 1.62. The monoisotopic (exact) mass is 266 g/mol. The highest BCUT2D eigenvalue weighted by Crippen LogP contribution is 2.30. The lowest BCUT2D eigenvalue weighted by Gasteiger charge is -2.16. The Morgan fingerprint density at radius 2 is 2.32 bits per heavy atom. The van der Waals surface area contributed by atoms with Crippen molar-refractivity contribution >= 4 is 0 Å². The van der Waals surface area contributed by atoms with E-state index < -0.39 is 6.10 Å². The van der Waals surface area contributed by atoms with Gasteiger partial charge in [-0.1, -0.05) is 0 Å². The Bertz CT molecular complexity index is 397. The van der Waals surface area contributed by atoms with E-state index in [1.165, 1.54) is 0 Å². The predicted molar refractivity (Wildman–Crippen MR) is 72.7 cm³/mol. The van der Waals surface area contributed by atoms with E-state index in [0.717, 1.165) is 37.2 Å². The molecule has 0 saturated carbocycles. The number of benzene rings is 1. The summed E-state index contributed by atoms with van der Waals surface area (Å²) < 4.78 is 16.5. The number of aliphatic hydroxyl groups excluding tert-OH is 1. The number of aliphatic hydroxyl groups is 1. The Hall–Kier alpha value is -1.26. The first-order chi connectivity index (χ1) is 9.20. The molecule has 2 atom stereocenters. The molecule has 4 heteroatoms. The van der Waals surface area contributed by atoms with E-state index in [1.807, 2.05) is 18.2 Å². The van der Waals surface area contributed by atoms with Crippen molar-refractivity contribution in [3.8, 4) is 11.5 Å². The number of hydrogen-bond donors (Lipinski definition) is 1. The van der Waals surface area contributed by atoms with Gasteiger partial charge in [-0.15, -0.1) is 0 Å². The third-order valence-electron chi connectivity index (χ3n) is 3.39. The Balaban J connectivity index is 1.96. The third-order valence-corrected chi connectivity index (χ3v) is 3.39. The molecule has 0 radical (unpaired) electrons. The van der Waals surface area contributed by atoms with Gasteiger partial charge in [0, 0.05) is 24.7 Å². The first kappa shape index (κ1) is 14.2. The number of hydrogen-bond acceptors (Lipinski definition) is 4. The van der Waals surface area contributed by atoms with Crippen LogP contribution in [0.4, 0.5) is 0 Å². The molecule has 1 aliphatic heterocycles. The van der Waals surface area contributed by atoms with Gasteiger partial charge in [0.15, 0.2) is 0 Å². The molecule has 19 heavy (non-hydrogen) atoms. The van der Waals surface area contributed by atoms with Crippen molar-refractivity contribution in [1.82, 2.24) is 0 Å². The van der Waals surface area contributed by atoms with Crippen LogP contribution < -0.4 is 9.47 Å². The van der Waals surface area contributed by atoms with Gasteiger partial charge in [-0.2, -0.15) is 0 Å². The second-order valence-electron chi connectivity index (χ2n) is 4.85. The lowest BCUT2D eigenvalue weighted by molar-refractivity contribution is 0.0896. The summed E-state index contributed by atoms with van der Waals surface area (Å²) in [4.78, 5) is 0. The van der Waals surface area contributed by atoms with Crippen molar-refractivity contribution in [1.29, 1.82) is 0 Å². The molecule has 1 aromatic carbocycles. The molecule has 0 amide bonds.